The lowest BCUT2D eigenvalue weighted by Gasteiger charge is -2.29. The van der Waals surface area contributed by atoms with E-state index >= 15 is 0 Å². The number of nitrogens with zero attached hydrogens (tertiary/aromatic N) is 2. The van der Waals surface area contributed by atoms with Gasteiger partial charge in [-0.2, -0.15) is 0 Å². The second-order valence-electron chi connectivity index (χ2n) is 8.91. The number of carboxylic acids is 1. The van der Waals surface area contributed by atoms with Crippen molar-refractivity contribution in [3.8, 4) is 11.5 Å². The van der Waals surface area contributed by atoms with E-state index in [1.807, 2.05) is 78.7 Å². The first-order chi connectivity index (χ1) is 17.0. The number of para-hydroxylation sites is 1. The first-order valence-corrected chi connectivity index (χ1v) is 11.8. The minimum Gasteiger partial charge on any atom is -0.478 e. The summed E-state index contributed by atoms with van der Waals surface area (Å²) < 4.78 is 5.79. The predicted molar refractivity (Wildman–Crippen MR) is 136 cm³/mol. The predicted octanol–water partition coefficient (Wildman–Crippen LogP) is 4.71. The van der Waals surface area contributed by atoms with Gasteiger partial charge in [-0.05, 0) is 74.5 Å². The summed E-state index contributed by atoms with van der Waals surface area (Å²) in [5.74, 6) is 0.491. The molecule has 1 heterocycles. The van der Waals surface area contributed by atoms with Crippen molar-refractivity contribution in [3.63, 3.8) is 0 Å². The minimum absolute atomic E-state index is 0.0787. The number of hydrogen-bond acceptors (Lipinski definition) is 5. The van der Waals surface area contributed by atoms with Crippen LogP contribution in [-0.4, -0.2) is 59.5 Å². The second-order valence-corrected chi connectivity index (χ2v) is 8.91. The number of likely N-dealkylation sites (N-methyl/N-ethyl adjacent to an activating group) is 1. The van der Waals surface area contributed by atoms with Crippen molar-refractivity contribution in [2.45, 2.75) is 25.4 Å². The Kier molecular flexibility index (Phi) is 8.13. The van der Waals surface area contributed by atoms with Crippen molar-refractivity contribution < 1.29 is 19.4 Å². The fourth-order valence-corrected chi connectivity index (χ4v) is 4.50. The van der Waals surface area contributed by atoms with Crippen molar-refractivity contribution in [2.24, 2.45) is 0 Å². The molecular weight excluding hydrogens is 442 g/mol. The van der Waals surface area contributed by atoms with E-state index in [1.165, 1.54) is 0 Å². The number of carbonyl (C=O) groups is 2. The van der Waals surface area contributed by atoms with E-state index in [0.717, 1.165) is 42.9 Å². The van der Waals surface area contributed by atoms with Crippen LogP contribution in [0, 0.1) is 0 Å². The van der Waals surface area contributed by atoms with E-state index in [1.54, 1.807) is 12.1 Å². The summed E-state index contributed by atoms with van der Waals surface area (Å²) in [6, 6.07) is 24.3. The first kappa shape index (κ1) is 24.4. The summed E-state index contributed by atoms with van der Waals surface area (Å²) in [5.41, 5.74) is 1.90. The van der Waals surface area contributed by atoms with Crippen LogP contribution in [0.2, 0.25) is 0 Å². The molecule has 7 nitrogen and oxygen atoms in total. The van der Waals surface area contributed by atoms with Crippen molar-refractivity contribution in [2.75, 3.05) is 32.0 Å². The Hall–Kier alpha value is -3.68. The fraction of sp³-hybridized carbons (Fsp3) is 0.286. The van der Waals surface area contributed by atoms with Crippen LogP contribution in [0.1, 0.15) is 28.8 Å². The standard InChI is InChI=1S/C28H31N3O4/c1-30(19-23-9-7-17-31(23)18-21-8-5-6-12-26(21)28(33)34)20-27(32)29-22-13-15-25(16-14-22)35-24-10-3-2-4-11-24/h2-6,8,10-16,23H,7,9,17-20H2,1H3,(H,29,32)(H,33,34)/t23-/m0/s1. The molecule has 1 saturated heterocycles. The van der Waals surface area contributed by atoms with Crippen molar-refractivity contribution in [1.82, 2.24) is 9.80 Å². The van der Waals surface area contributed by atoms with Gasteiger partial charge in [-0.15, -0.1) is 0 Å². The zero-order chi connectivity index (χ0) is 24.6. The molecular formula is C28H31N3O4. The fourth-order valence-electron chi connectivity index (χ4n) is 4.50. The molecule has 0 unspecified atom stereocenters. The Balaban J connectivity index is 1.26. The third kappa shape index (κ3) is 6.91. The highest BCUT2D eigenvalue weighted by atomic mass is 16.5. The van der Waals surface area contributed by atoms with Gasteiger partial charge in [0.2, 0.25) is 5.91 Å². The maximum atomic E-state index is 12.6. The van der Waals surface area contributed by atoms with E-state index in [-0.39, 0.29) is 18.5 Å². The smallest absolute Gasteiger partial charge is 0.336 e. The average Bonchev–Trinajstić information content (AvgIpc) is 3.27. The Bertz CT molecular complexity index is 1130. The van der Waals surface area contributed by atoms with Crippen LogP contribution in [-0.2, 0) is 11.3 Å². The summed E-state index contributed by atoms with van der Waals surface area (Å²) in [6.45, 7) is 2.55. The van der Waals surface area contributed by atoms with Gasteiger partial charge in [0.15, 0.2) is 0 Å². The Labute approximate surface area is 205 Å². The molecule has 3 aromatic rings. The average molecular weight is 474 g/mol. The van der Waals surface area contributed by atoms with Crippen LogP contribution < -0.4 is 10.1 Å². The summed E-state index contributed by atoms with van der Waals surface area (Å²) in [5, 5.41) is 12.4. The molecule has 0 aromatic heterocycles. The topological polar surface area (TPSA) is 82.1 Å². The normalized spacial score (nSPS) is 15.8. The molecule has 4 rings (SSSR count). The first-order valence-electron chi connectivity index (χ1n) is 11.8. The van der Waals surface area contributed by atoms with Crippen LogP contribution in [0.25, 0.3) is 0 Å². The molecule has 1 aliphatic heterocycles. The van der Waals surface area contributed by atoms with E-state index in [9.17, 15) is 14.7 Å². The highest BCUT2D eigenvalue weighted by Gasteiger charge is 2.27. The van der Waals surface area contributed by atoms with Gasteiger partial charge in [0, 0.05) is 24.8 Å². The number of likely N-dealkylation sites (tertiary alicyclic amines) is 1. The number of benzene rings is 3. The molecule has 3 aromatic carbocycles. The molecule has 2 N–H and O–H groups in total. The number of anilines is 1. The maximum absolute atomic E-state index is 12.6. The lowest BCUT2D eigenvalue weighted by molar-refractivity contribution is -0.117. The quantitative estimate of drug-likeness (QED) is 0.444. The summed E-state index contributed by atoms with van der Waals surface area (Å²) in [4.78, 5) is 28.5. The van der Waals surface area contributed by atoms with Crippen molar-refractivity contribution in [3.05, 3.63) is 90.0 Å². The summed E-state index contributed by atoms with van der Waals surface area (Å²) >= 11 is 0. The SMILES string of the molecule is CN(CC(=O)Nc1ccc(Oc2ccccc2)cc1)C[C@@H]1CCCN1Cc1ccccc1C(=O)O. The van der Waals surface area contributed by atoms with E-state index in [0.29, 0.717) is 17.9 Å². The van der Waals surface area contributed by atoms with Gasteiger partial charge in [0.05, 0.1) is 12.1 Å². The van der Waals surface area contributed by atoms with Crippen LogP contribution in [0.5, 0.6) is 11.5 Å². The van der Waals surface area contributed by atoms with Gasteiger partial charge in [-0.1, -0.05) is 36.4 Å². The number of nitrogens with one attached hydrogen (secondary N) is 1. The van der Waals surface area contributed by atoms with Gasteiger partial charge in [0.1, 0.15) is 11.5 Å². The number of rotatable bonds is 10. The largest absolute Gasteiger partial charge is 0.478 e. The highest BCUT2D eigenvalue weighted by Crippen LogP contribution is 2.24. The molecule has 0 bridgehead atoms. The van der Waals surface area contributed by atoms with Gasteiger partial charge in [-0.25, -0.2) is 4.79 Å². The zero-order valence-corrected chi connectivity index (χ0v) is 19.9. The van der Waals surface area contributed by atoms with E-state index in [2.05, 4.69) is 10.2 Å². The molecule has 1 atom stereocenters. The van der Waals surface area contributed by atoms with Crippen LogP contribution >= 0.6 is 0 Å². The van der Waals surface area contributed by atoms with E-state index in [4.69, 9.17) is 4.74 Å². The van der Waals surface area contributed by atoms with E-state index < -0.39 is 5.97 Å². The second kappa shape index (κ2) is 11.6. The highest BCUT2D eigenvalue weighted by molar-refractivity contribution is 5.92. The van der Waals surface area contributed by atoms with Crippen molar-refractivity contribution in [1.29, 1.82) is 0 Å². The number of carbonyl (C=O) groups excluding carboxylic acids is 1. The molecule has 182 valence electrons. The molecule has 0 spiro atoms. The molecule has 1 amide bonds. The third-order valence-electron chi connectivity index (χ3n) is 6.17. The molecule has 1 aliphatic rings. The number of carboxylic acid groups (broad SMARTS) is 1. The van der Waals surface area contributed by atoms with Crippen molar-refractivity contribution >= 4 is 17.6 Å². The molecule has 0 radical (unpaired) electrons. The monoisotopic (exact) mass is 473 g/mol. The molecule has 0 aliphatic carbocycles. The van der Waals surface area contributed by atoms with Gasteiger partial charge >= 0.3 is 5.97 Å². The zero-order valence-electron chi connectivity index (χ0n) is 19.9. The maximum Gasteiger partial charge on any atom is 0.336 e. The van der Waals surface area contributed by atoms with Crippen LogP contribution in [0.3, 0.4) is 0 Å². The lowest BCUT2D eigenvalue weighted by Crippen LogP contribution is -2.41. The third-order valence-corrected chi connectivity index (χ3v) is 6.17. The van der Waals surface area contributed by atoms with Gasteiger partial charge in [0.25, 0.3) is 0 Å². The molecule has 35 heavy (non-hydrogen) atoms. The Morgan fingerprint density at radius 1 is 1.00 bits per heavy atom. The Morgan fingerprint density at radius 2 is 1.69 bits per heavy atom. The summed E-state index contributed by atoms with van der Waals surface area (Å²) in [7, 11) is 1.94. The van der Waals surface area contributed by atoms with Crippen LogP contribution in [0.15, 0.2) is 78.9 Å². The summed E-state index contributed by atoms with van der Waals surface area (Å²) in [6.07, 6.45) is 2.10. The minimum atomic E-state index is -0.898. The van der Waals surface area contributed by atoms with Gasteiger partial charge < -0.3 is 15.2 Å². The molecule has 1 fully saturated rings. The number of aromatic carboxylic acids is 1. The van der Waals surface area contributed by atoms with Gasteiger partial charge in [-0.3, -0.25) is 14.6 Å². The molecule has 7 heteroatoms. The lowest BCUT2D eigenvalue weighted by atomic mass is 10.1. The van der Waals surface area contributed by atoms with Crippen LogP contribution in [0.4, 0.5) is 5.69 Å². The number of amides is 1. The molecule has 0 saturated carbocycles. The number of hydrogen-bond donors (Lipinski definition) is 2. The number of ether oxygens (including phenoxy) is 1. The Morgan fingerprint density at radius 3 is 2.43 bits per heavy atom.